The molecule has 0 aromatic carbocycles. The predicted octanol–water partition coefficient (Wildman–Crippen LogP) is -1.52. The van der Waals surface area contributed by atoms with Gasteiger partial charge in [-0.05, 0) is 0 Å². The van der Waals surface area contributed by atoms with E-state index >= 15 is 0 Å². The van der Waals surface area contributed by atoms with Crippen LogP contribution in [0.3, 0.4) is 0 Å². The molecule has 0 rings (SSSR count). The second kappa shape index (κ2) is 5.11. The Morgan fingerprint density at radius 2 is 1.47 bits per heavy atom. The van der Waals surface area contributed by atoms with Gasteiger partial charge in [-0.2, -0.15) is 0 Å². The number of nitro groups is 3. The first kappa shape index (κ1) is 13.1. The number of ether oxygens (including phenoxy) is 1. The van der Waals surface area contributed by atoms with Crippen molar-refractivity contribution in [2.24, 2.45) is 0 Å². The topological polar surface area (TPSA) is 159 Å². The average molecular weight is 225 g/mol. The van der Waals surface area contributed by atoms with E-state index in [1.165, 1.54) is 0 Å². The molecule has 0 aromatic heterocycles. The lowest BCUT2D eigenvalue weighted by Crippen LogP contribution is -2.56. The van der Waals surface area contributed by atoms with Gasteiger partial charge in [-0.25, -0.2) is 0 Å². The first-order valence-corrected chi connectivity index (χ1v) is 3.51. The summed E-state index contributed by atoms with van der Waals surface area (Å²) >= 11 is 0. The van der Waals surface area contributed by atoms with Gasteiger partial charge in [0, 0.05) is 0 Å². The standard InChI is InChI=1S/C4H7N3O8/c8-1-2-15-3-4(5(9)10,6(11)12)7(13)14/h8H,1-3H2. The zero-order chi connectivity index (χ0) is 12.1. The van der Waals surface area contributed by atoms with Crippen LogP contribution in [0.2, 0.25) is 0 Å². The molecule has 0 amide bonds. The van der Waals surface area contributed by atoms with Crippen LogP contribution in [0.15, 0.2) is 0 Å². The van der Waals surface area contributed by atoms with Crippen LogP contribution >= 0.6 is 0 Å². The van der Waals surface area contributed by atoms with Crippen LogP contribution < -0.4 is 0 Å². The Bertz CT molecular complexity index is 241. The molecule has 1 N–H and O–H groups in total. The van der Waals surface area contributed by atoms with E-state index in [0.29, 0.717) is 0 Å². The summed E-state index contributed by atoms with van der Waals surface area (Å²) in [7, 11) is 0. The van der Waals surface area contributed by atoms with Crippen molar-refractivity contribution >= 4 is 0 Å². The highest BCUT2D eigenvalue weighted by Gasteiger charge is 2.70. The maximum Gasteiger partial charge on any atom is 0.723 e. The van der Waals surface area contributed by atoms with Crippen molar-refractivity contribution in [2.45, 2.75) is 5.79 Å². The van der Waals surface area contributed by atoms with Crippen molar-refractivity contribution < 1.29 is 24.6 Å². The highest BCUT2D eigenvalue weighted by Crippen LogP contribution is 2.12. The molecule has 0 atom stereocenters. The van der Waals surface area contributed by atoms with Gasteiger partial charge in [-0.1, -0.05) is 0 Å². The maximum atomic E-state index is 10.3. The van der Waals surface area contributed by atoms with Gasteiger partial charge in [-0.15, -0.1) is 0 Å². The fourth-order valence-corrected chi connectivity index (χ4v) is 0.632. The van der Waals surface area contributed by atoms with E-state index in [9.17, 15) is 30.3 Å². The van der Waals surface area contributed by atoms with Crippen LogP contribution in [-0.4, -0.2) is 45.5 Å². The molecule has 0 spiro atoms. The number of aliphatic hydroxyl groups is 1. The molecule has 0 aromatic rings. The molecule has 11 heteroatoms. The molecule has 86 valence electrons. The highest BCUT2D eigenvalue weighted by atomic mass is 16.7. The molecule has 0 fully saturated rings. The van der Waals surface area contributed by atoms with Crippen LogP contribution in [-0.2, 0) is 4.74 Å². The van der Waals surface area contributed by atoms with E-state index in [-0.39, 0.29) is 0 Å². The van der Waals surface area contributed by atoms with E-state index < -0.39 is 40.4 Å². The van der Waals surface area contributed by atoms with Crippen LogP contribution in [0.25, 0.3) is 0 Å². The molecule has 0 bridgehead atoms. The van der Waals surface area contributed by atoms with Gasteiger partial charge in [0.2, 0.25) is 0 Å². The van der Waals surface area contributed by atoms with E-state index in [2.05, 4.69) is 4.74 Å². The Morgan fingerprint density at radius 3 is 1.73 bits per heavy atom. The van der Waals surface area contributed by atoms with Crippen molar-refractivity contribution in [3.05, 3.63) is 30.3 Å². The third kappa shape index (κ3) is 2.54. The van der Waals surface area contributed by atoms with Crippen molar-refractivity contribution in [3.8, 4) is 0 Å². The molecule has 0 aliphatic rings. The Labute approximate surface area is 81.7 Å². The summed E-state index contributed by atoms with van der Waals surface area (Å²) in [5.41, 5.74) is 0. The van der Waals surface area contributed by atoms with Crippen LogP contribution in [0, 0.1) is 30.3 Å². The van der Waals surface area contributed by atoms with Gasteiger partial charge in [0.05, 0.1) is 13.2 Å². The SMILES string of the molecule is O=[N+]([O-])C(COCCO)([N+](=O)[O-])[N+](=O)[O-]. The minimum Gasteiger partial charge on any atom is -0.394 e. The summed E-state index contributed by atoms with van der Waals surface area (Å²) in [4.78, 5) is 25.9. The van der Waals surface area contributed by atoms with Gasteiger partial charge in [0.25, 0.3) is 6.61 Å². The summed E-state index contributed by atoms with van der Waals surface area (Å²) < 4.78 is 4.26. The first-order chi connectivity index (χ1) is 6.89. The monoisotopic (exact) mass is 225 g/mol. The number of hydrogen-bond donors (Lipinski definition) is 1. The zero-order valence-electron chi connectivity index (χ0n) is 7.27. The molecule has 15 heavy (non-hydrogen) atoms. The van der Waals surface area contributed by atoms with Crippen molar-refractivity contribution in [1.82, 2.24) is 0 Å². The largest absolute Gasteiger partial charge is 0.723 e. The molecular weight excluding hydrogens is 218 g/mol. The Kier molecular flexibility index (Phi) is 4.47. The molecule has 0 radical (unpaired) electrons. The smallest absolute Gasteiger partial charge is 0.394 e. The number of nitrogens with zero attached hydrogens (tertiary/aromatic N) is 3. The van der Waals surface area contributed by atoms with Gasteiger partial charge >= 0.3 is 5.79 Å². The molecule has 0 saturated heterocycles. The normalized spacial score (nSPS) is 11.0. The Balaban J connectivity index is 4.90. The third-order valence-electron chi connectivity index (χ3n) is 1.41. The summed E-state index contributed by atoms with van der Waals surface area (Å²) in [5.74, 6) is -3.62. The van der Waals surface area contributed by atoms with Crippen molar-refractivity contribution in [3.63, 3.8) is 0 Å². The second-order valence-electron chi connectivity index (χ2n) is 2.32. The van der Waals surface area contributed by atoms with E-state index in [0.717, 1.165) is 0 Å². The first-order valence-electron chi connectivity index (χ1n) is 3.51. The Hall–Kier alpha value is -1.88. The second-order valence-corrected chi connectivity index (χ2v) is 2.32. The molecule has 0 saturated carbocycles. The lowest BCUT2D eigenvalue weighted by molar-refractivity contribution is -0.970. The number of aliphatic hydroxyl groups excluding tert-OH is 1. The summed E-state index contributed by atoms with van der Waals surface area (Å²) in [6, 6.07) is 0. The summed E-state index contributed by atoms with van der Waals surface area (Å²) in [5, 5.41) is 39.1. The molecule has 0 unspecified atom stereocenters. The fraction of sp³-hybridized carbons (Fsp3) is 1.00. The van der Waals surface area contributed by atoms with E-state index in [4.69, 9.17) is 5.11 Å². The minimum absolute atomic E-state index is 0.461. The van der Waals surface area contributed by atoms with Crippen LogP contribution in [0.5, 0.6) is 0 Å². The molecular formula is C4H7N3O8. The lowest BCUT2D eigenvalue weighted by Gasteiger charge is -2.08. The lowest BCUT2D eigenvalue weighted by atomic mass is 10.4. The third-order valence-corrected chi connectivity index (χ3v) is 1.41. The van der Waals surface area contributed by atoms with Gasteiger partial charge < -0.3 is 9.84 Å². The van der Waals surface area contributed by atoms with Gasteiger partial charge in [-0.3, -0.25) is 30.3 Å². The van der Waals surface area contributed by atoms with E-state index in [1.807, 2.05) is 0 Å². The van der Waals surface area contributed by atoms with Crippen molar-refractivity contribution in [2.75, 3.05) is 19.8 Å². The van der Waals surface area contributed by atoms with Gasteiger partial charge in [0.1, 0.15) is 0 Å². The molecule has 11 nitrogen and oxygen atoms in total. The zero-order valence-corrected chi connectivity index (χ0v) is 7.27. The minimum atomic E-state index is -3.62. The van der Waals surface area contributed by atoms with E-state index in [1.54, 1.807) is 0 Å². The summed E-state index contributed by atoms with van der Waals surface area (Å²) in [6.07, 6.45) is 0. The van der Waals surface area contributed by atoms with Crippen LogP contribution in [0.1, 0.15) is 0 Å². The quantitative estimate of drug-likeness (QED) is 0.236. The number of hydrogen-bond acceptors (Lipinski definition) is 8. The van der Waals surface area contributed by atoms with Crippen LogP contribution in [0.4, 0.5) is 0 Å². The molecule has 0 heterocycles. The summed E-state index contributed by atoms with van der Waals surface area (Å²) in [6.45, 7) is -2.36. The highest BCUT2D eigenvalue weighted by molar-refractivity contribution is 4.51. The van der Waals surface area contributed by atoms with Crippen molar-refractivity contribution in [1.29, 1.82) is 0 Å². The predicted molar refractivity (Wildman–Crippen MR) is 41.6 cm³/mol. The molecule has 0 aliphatic carbocycles. The fourth-order valence-electron chi connectivity index (χ4n) is 0.632. The number of rotatable bonds is 7. The van der Waals surface area contributed by atoms with Gasteiger partial charge in [0.15, 0.2) is 14.8 Å². The maximum absolute atomic E-state index is 10.3. The molecule has 0 aliphatic heterocycles. The Morgan fingerprint density at radius 1 is 1.07 bits per heavy atom. The average Bonchev–Trinajstić information content (AvgIpc) is 2.10.